The van der Waals surface area contributed by atoms with Crippen molar-refractivity contribution in [3.05, 3.63) is 60.2 Å². The zero-order chi connectivity index (χ0) is 18.4. The second-order valence-electron chi connectivity index (χ2n) is 6.72. The van der Waals surface area contributed by atoms with E-state index in [-0.39, 0.29) is 11.2 Å². The summed E-state index contributed by atoms with van der Waals surface area (Å²) >= 11 is 0. The Morgan fingerprint density at radius 2 is 1.92 bits per heavy atom. The molecule has 1 N–H and O–H groups in total. The van der Waals surface area contributed by atoms with Crippen LogP contribution in [-0.2, 0) is 5.41 Å². The highest BCUT2D eigenvalue weighted by atomic mass is 16.5. The summed E-state index contributed by atoms with van der Waals surface area (Å²) in [5, 5.41) is 10.6. The first kappa shape index (κ1) is 18.6. The van der Waals surface area contributed by atoms with Gasteiger partial charge in [-0.05, 0) is 29.7 Å². The Kier molecular flexibility index (Phi) is 5.86. The molecular formula is C21H25NO3. The molecular weight excluding hydrogens is 314 g/mol. The van der Waals surface area contributed by atoms with Crippen molar-refractivity contribution in [3.8, 4) is 17.2 Å². The molecule has 0 saturated carbocycles. The van der Waals surface area contributed by atoms with Gasteiger partial charge in [-0.25, -0.2) is 0 Å². The number of methoxy groups -OCH3 is 1. The maximum atomic E-state index is 10.6. The summed E-state index contributed by atoms with van der Waals surface area (Å²) in [6.45, 7) is 10.2. The van der Waals surface area contributed by atoms with Crippen LogP contribution in [0.25, 0.3) is 0 Å². The highest BCUT2D eigenvalue weighted by Gasteiger charge is 2.21. The predicted molar refractivity (Wildman–Crippen MR) is 103 cm³/mol. The second-order valence-corrected chi connectivity index (χ2v) is 6.72. The van der Waals surface area contributed by atoms with E-state index in [1.807, 2.05) is 51.1 Å². The number of hydrogen-bond acceptors (Lipinski definition) is 4. The minimum Gasteiger partial charge on any atom is -0.507 e. The SMILES string of the molecule is C=CCOc1cccc(N=Cc2cc(OC)cc(C(C)(C)C)c2O)c1. The summed E-state index contributed by atoms with van der Waals surface area (Å²) in [6, 6.07) is 11.1. The number of rotatable bonds is 6. The van der Waals surface area contributed by atoms with Gasteiger partial charge in [0.2, 0.25) is 0 Å². The first-order valence-corrected chi connectivity index (χ1v) is 8.14. The van der Waals surface area contributed by atoms with Crippen molar-refractivity contribution < 1.29 is 14.6 Å². The fraction of sp³-hybridized carbons (Fsp3) is 0.286. The van der Waals surface area contributed by atoms with Gasteiger partial charge in [0.25, 0.3) is 0 Å². The van der Waals surface area contributed by atoms with Gasteiger partial charge in [0.15, 0.2) is 0 Å². The van der Waals surface area contributed by atoms with Crippen molar-refractivity contribution in [1.29, 1.82) is 0 Å². The lowest BCUT2D eigenvalue weighted by molar-refractivity contribution is 0.363. The number of phenols is 1. The van der Waals surface area contributed by atoms with Crippen LogP contribution >= 0.6 is 0 Å². The number of benzene rings is 2. The number of ether oxygens (including phenoxy) is 2. The molecule has 0 aliphatic rings. The minimum absolute atomic E-state index is 0.209. The van der Waals surface area contributed by atoms with Gasteiger partial charge < -0.3 is 14.6 Å². The molecule has 0 atom stereocenters. The van der Waals surface area contributed by atoms with Gasteiger partial charge in [-0.15, -0.1) is 0 Å². The minimum atomic E-state index is -0.209. The van der Waals surface area contributed by atoms with Gasteiger partial charge in [-0.2, -0.15) is 0 Å². The standard InChI is InChI=1S/C21H25NO3/c1-6-10-25-17-9-7-8-16(12-17)22-14-15-11-18(24-5)13-19(20(15)23)21(2,3)4/h6-9,11-14,23H,1,10H2,2-5H3. The summed E-state index contributed by atoms with van der Waals surface area (Å²) in [5.41, 5.74) is 1.96. The Balaban J connectivity index is 2.36. The Morgan fingerprint density at radius 3 is 2.56 bits per heavy atom. The van der Waals surface area contributed by atoms with E-state index in [4.69, 9.17) is 9.47 Å². The maximum Gasteiger partial charge on any atom is 0.128 e. The zero-order valence-electron chi connectivity index (χ0n) is 15.2. The van der Waals surface area contributed by atoms with Crippen molar-refractivity contribution in [2.45, 2.75) is 26.2 Å². The highest BCUT2D eigenvalue weighted by Crippen LogP contribution is 2.36. The first-order chi connectivity index (χ1) is 11.8. The number of hydrogen-bond donors (Lipinski definition) is 1. The molecule has 0 unspecified atom stereocenters. The Hall–Kier alpha value is -2.75. The van der Waals surface area contributed by atoms with Crippen LogP contribution in [0.4, 0.5) is 5.69 Å². The van der Waals surface area contributed by atoms with Crippen LogP contribution in [0.2, 0.25) is 0 Å². The van der Waals surface area contributed by atoms with E-state index in [9.17, 15) is 5.11 Å². The lowest BCUT2D eigenvalue weighted by atomic mass is 9.85. The Labute approximate surface area is 149 Å². The summed E-state index contributed by atoms with van der Waals surface area (Å²) in [5.74, 6) is 1.63. The molecule has 0 bridgehead atoms. The number of aromatic hydroxyl groups is 1. The van der Waals surface area contributed by atoms with Crippen molar-refractivity contribution in [3.63, 3.8) is 0 Å². The molecule has 0 amide bonds. The van der Waals surface area contributed by atoms with E-state index in [1.165, 1.54) is 0 Å². The molecule has 0 heterocycles. The topological polar surface area (TPSA) is 51.0 Å². The highest BCUT2D eigenvalue weighted by molar-refractivity contribution is 5.87. The van der Waals surface area contributed by atoms with Crippen LogP contribution in [0.1, 0.15) is 31.9 Å². The predicted octanol–water partition coefficient (Wildman–Crippen LogP) is 5.01. The van der Waals surface area contributed by atoms with Crippen LogP contribution < -0.4 is 9.47 Å². The van der Waals surface area contributed by atoms with Crippen molar-refractivity contribution in [1.82, 2.24) is 0 Å². The molecule has 0 spiro atoms. The van der Waals surface area contributed by atoms with Crippen LogP contribution in [0.3, 0.4) is 0 Å². The van der Waals surface area contributed by atoms with Crippen LogP contribution in [-0.4, -0.2) is 25.0 Å². The van der Waals surface area contributed by atoms with Crippen LogP contribution in [0.15, 0.2) is 54.0 Å². The molecule has 2 aromatic carbocycles. The quantitative estimate of drug-likeness (QED) is 0.594. The average Bonchev–Trinajstić information content (AvgIpc) is 2.58. The smallest absolute Gasteiger partial charge is 0.128 e. The summed E-state index contributed by atoms with van der Waals surface area (Å²) in [4.78, 5) is 4.46. The number of aliphatic imine (C=N–C) groups is 1. The van der Waals surface area contributed by atoms with Gasteiger partial charge in [0.1, 0.15) is 23.9 Å². The van der Waals surface area contributed by atoms with E-state index in [2.05, 4.69) is 11.6 Å². The average molecular weight is 339 g/mol. The van der Waals surface area contributed by atoms with E-state index >= 15 is 0 Å². The molecule has 132 valence electrons. The number of nitrogens with zero attached hydrogens (tertiary/aromatic N) is 1. The Morgan fingerprint density at radius 1 is 1.16 bits per heavy atom. The van der Waals surface area contributed by atoms with E-state index < -0.39 is 0 Å². The van der Waals surface area contributed by atoms with Crippen LogP contribution in [0, 0.1) is 0 Å². The fourth-order valence-electron chi connectivity index (χ4n) is 2.37. The van der Waals surface area contributed by atoms with Crippen molar-refractivity contribution in [2.75, 3.05) is 13.7 Å². The van der Waals surface area contributed by atoms with E-state index in [1.54, 1.807) is 25.5 Å². The van der Waals surface area contributed by atoms with Gasteiger partial charge >= 0.3 is 0 Å². The zero-order valence-corrected chi connectivity index (χ0v) is 15.2. The molecule has 0 aliphatic carbocycles. The molecule has 0 aromatic heterocycles. The summed E-state index contributed by atoms with van der Waals surface area (Å²) in [6.07, 6.45) is 3.33. The van der Waals surface area contributed by atoms with Crippen molar-refractivity contribution in [2.24, 2.45) is 4.99 Å². The normalized spacial score (nSPS) is 11.5. The van der Waals surface area contributed by atoms with Gasteiger partial charge in [-0.1, -0.05) is 39.5 Å². The molecule has 4 nitrogen and oxygen atoms in total. The van der Waals surface area contributed by atoms with Gasteiger partial charge in [-0.3, -0.25) is 4.99 Å². The molecule has 2 rings (SSSR count). The maximum absolute atomic E-state index is 10.6. The third kappa shape index (κ3) is 4.86. The number of phenolic OH excluding ortho intramolecular Hbond substituents is 1. The lowest BCUT2D eigenvalue weighted by Gasteiger charge is -2.22. The lowest BCUT2D eigenvalue weighted by Crippen LogP contribution is -2.12. The molecule has 0 saturated heterocycles. The molecule has 2 aromatic rings. The summed E-state index contributed by atoms with van der Waals surface area (Å²) in [7, 11) is 1.61. The largest absolute Gasteiger partial charge is 0.507 e. The van der Waals surface area contributed by atoms with Gasteiger partial charge in [0.05, 0.1) is 12.8 Å². The molecule has 0 radical (unpaired) electrons. The van der Waals surface area contributed by atoms with E-state index in [0.717, 1.165) is 17.0 Å². The Bertz CT molecular complexity index is 773. The third-order valence-corrected chi connectivity index (χ3v) is 3.69. The second kappa shape index (κ2) is 7.88. The fourth-order valence-corrected chi connectivity index (χ4v) is 2.37. The molecule has 0 aliphatic heterocycles. The molecule has 0 fully saturated rings. The monoisotopic (exact) mass is 339 g/mol. The van der Waals surface area contributed by atoms with E-state index in [0.29, 0.717) is 17.9 Å². The first-order valence-electron chi connectivity index (χ1n) is 8.14. The van der Waals surface area contributed by atoms with Crippen molar-refractivity contribution >= 4 is 11.9 Å². The van der Waals surface area contributed by atoms with Gasteiger partial charge in [0, 0.05) is 23.4 Å². The molecule has 4 heteroatoms. The molecule has 25 heavy (non-hydrogen) atoms. The van der Waals surface area contributed by atoms with Crippen LogP contribution in [0.5, 0.6) is 17.2 Å². The summed E-state index contributed by atoms with van der Waals surface area (Å²) < 4.78 is 10.9. The third-order valence-electron chi connectivity index (χ3n) is 3.69.